The Morgan fingerprint density at radius 1 is 1.06 bits per heavy atom. The highest BCUT2D eigenvalue weighted by molar-refractivity contribution is 6.03. The van der Waals surface area contributed by atoms with Crippen molar-refractivity contribution in [2.24, 2.45) is 0 Å². The summed E-state index contributed by atoms with van der Waals surface area (Å²) in [6.45, 7) is 0. The van der Waals surface area contributed by atoms with Crippen molar-refractivity contribution in [1.29, 1.82) is 0 Å². The van der Waals surface area contributed by atoms with E-state index in [2.05, 4.69) is 5.32 Å². The van der Waals surface area contributed by atoms with Crippen LogP contribution in [0.1, 0.15) is 28.4 Å². The minimum atomic E-state index is -0.284. The fourth-order valence-corrected chi connectivity index (χ4v) is 2.33. The van der Waals surface area contributed by atoms with Gasteiger partial charge in [-0.25, -0.2) is 4.39 Å². The molecule has 90 valence electrons. The molecular formula is C15H12FNO. The van der Waals surface area contributed by atoms with Gasteiger partial charge < -0.3 is 5.32 Å². The third-order valence-electron chi connectivity index (χ3n) is 3.23. The van der Waals surface area contributed by atoms with E-state index in [1.165, 1.54) is 6.07 Å². The third-order valence-corrected chi connectivity index (χ3v) is 3.23. The van der Waals surface area contributed by atoms with Gasteiger partial charge in [0, 0.05) is 23.2 Å². The molecular weight excluding hydrogens is 229 g/mol. The first kappa shape index (κ1) is 11.0. The van der Waals surface area contributed by atoms with E-state index in [9.17, 15) is 9.18 Å². The topological polar surface area (TPSA) is 29.1 Å². The number of Topliss-reactive ketones (excluding diaryl/α,β-unsaturated/α-hetero) is 1. The Kier molecular flexibility index (Phi) is 2.59. The number of fused-ring (bicyclic) bond motifs is 1. The van der Waals surface area contributed by atoms with Crippen LogP contribution in [0.25, 0.3) is 0 Å². The van der Waals surface area contributed by atoms with E-state index in [-0.39, 0.29) is 24.1 Å². The Labute approximate surface area is 104 Å². The lowest BCUT2D eigenvalue weighted by Gasteiger charge is -2.26. The molecule has 0 saturated heterocycles. The van der Waals surface area contributed by atoms with Crippen LogP contribution in [0.2, 0.25) is 0 Å². The molecule has 2 aromatic rings. The summed E-state index contributed by atoms with van der Waals surface area (Å²) in [5.74, 6) is -0.222. The summed E-state index contributed by atoms with van der Waals surface area (Å²) in [4.78, 5) is 12.0. The van der Waals surface area contributed by atoms with Gasteiger partial charge >= 0.3 is 0 Å². The largest absolute Gasteiger partial charge is 0.377 e. The van der Waals surface area contributed by atoms with Crippen LogP contribution in [-0.4, -0.2) is 5.78 Å². The smallest absolute Gasteiger partial charge is 0.167 e. The summed E-state index contributed by atoms with van der Waals surface area (Å²) in [5, 5.41) is 3.22. The van der Waals surface area contributed by atoms with Crippen LogP contribution < -0.4 is 5.32 Å². The van der Waals surface area contributed by atoms with Gasteiger partial charge in [-0.2, -0.15) is 0 Å². The fraction of sp³-hybridized carbons (Fsp3) is 0.133. The van der Waals surface area contributed by atoms with Gasteiger partial charge in [-0.1, -0.05) is 30.3 Å². The van der Waals surface area contributed by atoms with Crippen LogP contribution in [0.15, 0.2) is 48.5 Å². The summed E-state index contributed by atoms with van der Waals surface area (Å²) in [6.07, 6.45) is 0.290. The van der Waals surface area contributed by atoms with Crippen molar-refractivity contribution >= 4 is 11.5 Å². The van der Waals surface area contributed by atoms with Crippen molar-refractivity contribution in [3.05, 3.63) is 65.5 Å². The minimum Gasteiger partial charge on any atom is -0.377 e. The number of carbonyl (C=O) groups excluding carboxylic acids is 1. The molecule has 18 heavy (non-hydrogen) atoms. The second kappa shape index (κ2) is 4.26. The second-order valence-electron chi connectivity index (χ2n) is 4.39. The highest BCUT2D eigenvalue weighted by atomic mass is 19.1. The Morgan fingerprint density at radius 2 is 1.78 bits per heavy atom. The fourth-order valence-electron chi connectivity index (χ4n) is 2.33. The number of halogens is 1. The lowest BCUT2D eigenvalue weighted by Crippen LogP contribution is -2.23. The number of nitrogens with one attached hydrogen (secondary N) is 1. The number of hydrogen-bond acceptors (Lipinski definition) is 2. The molecule has 0 saturated carbocycles. The van der Waals surface area contributed by atoms with E-state index in [0.717, 1.165) is 5.69 Å². The maximum absolute atomic E-state index is 13.7. The lowest BCUT2D eigenvalue weighted by molar-refractivity contribution is 0.0972. The van der Waals surface area contributed by atoms with Gasteiger partial charge in [0.1, 0.15) is 5.82 Å². The summed E-state index contributed by atoms with van der Waals surface area (Å²) in [6, 6.07) is 13.6. The molecule has 0 spiro atoms. The Bertz CT molecular complexity index is 609. The van der Waals surface area contributed by atoms with E-state index in [4.69, 9.17) is 0 Å². The predicted molar refractivity (Wildman–Crippen MR) is 68.2 cm³/mol. The zero-order valence-electron chi connectivity index (χ0n) is 9.69. The first-order chi connectivity index (χ1) is 8.75. The van der Waals surface area contributed by atoms with Gasteiger partial charge in [0.05, 0.1) is 6.04 Å². The van der Waals surface area contributed by atoms with Crippen LogP contribution in [0, 0.1) is 5.82 Å². The van der Waals surface area contributed by atoms with Crippen LogP contribution in [0.3, 0.4) is 0 Å². The number of ketones is 1. The predicted octanol–water partition coefficient (Wildman–Crippen LogP) is 3.57. The molecule has 0 fully saturated rings. The van der Waals surface area contributed by atoms with E-state index < -0.39 is 0 Å². The molecule has 3 rings (SSSR count). The molecule has 3 heteroatoms. The molecule has 2 aromatic carbocycles. The Balaban J connectivity index is 2.00. The summed E-state index contributed by atoms with van der Waals surface area (Å²) < 4.78 is 13.7. The number of hydrogen-bond donors (Lipinski definition) is 1. The zero-order chi connectivity index (χ0) is 12.5. The highest BCUT2D eigenvalue weighted by Crippen LogP contribution is 2.33. The first-order valence-corrected chi connectivity index (χ1v) is 5.89. The number of benzene rings is 2. The molecule has 0 unspecified atom stereocenters. The molecule has 0 aromatic heterocycles. The maximum atomic E-state index is 13.7. The molecule has 1 aliphatic rings. The maximum Gasteiger partial charge on any atom is 0.167 e. The molecule has 0 bridgehead atoms. The Morgan fingerprint density at radius 3 is 2.61 bits per heavy atom. The number of carbonyl (C=O) groups is 1. The van der Waals surface area contributed by atoms with Crippen LogP contribution in [0.4, 0.5) is 10.1 Å². The van der Waals surface area contributed by atoms with Crippen molar-refractivity contribution in [2.75, 3.05) is 5.32 Å². The van der Waals surface area contributed by atoms with Gasteiger partial charge in [-0.05, 0) is 18.2 Å². The highest BCUT2D eigenvalue weighted by Gasteiger charge is 2.26. The van der Waals surface area contributed by atoms with Crippen molar-refractivity contribution in [2.45, 2.75) is 12.5 Å². The van der Waals surface area contributed by atoms with E-state index in [0.29, 0.717) is 11.1 Å². The van der Waals surface area contributed by atoms with Gasteiger partial charge in [0.25, 0.3) is 0 Å². The third kappa shape index (κ3) is 1.78. The average Bonchev–Trinajstić information content (AvgIpc) is 2.39. The molecule has 1 atom stereocenters. The number of anilines is 1. The van der Waals surface area contributed by atoms with Gasteiger partial charge in [0.2, 0.25) is 0 Å². The first-order valence-electron chi connectivity index (χ1n) is 5.89. The molecule has 1 aliphatic heterocycles. The molecule has 1 heterocycles. The van der Waals surface area contributed by atoms with Gasteiger partial charge in [-0.15, -0.1) is 0 Å². The minimum absolute atomic E-state index is 0.0533. The normalized spacial score (nSPS) is 18.1. The van der Waals surface area contributed by atoms with E-state index in [1.807, 2.05) is 18.2 Å². The monoisotopic (exact) mass is 241 g/mol. The number of rotatable bonds is 1. The van der Waals surface area contributed by atoms with E-state index in [1.54, 1.807) is 24.3 Å². The van der Waals surface area contributed by atoms with Crippen LogP contribution >= 0.6 is 0 Å². The molecule has 2 nitrogen and oxygen atoms in total. The lowest BCUT2D eigenvalue weighted by atomic mass is 9.92. The second-order valence-corrected chi connectivity index (χ2v) is 4.39. The van der Waals surface area contributed by atoms with E-state index >= 15 is 0 Å². The summed E-state index contributed by atoms with van der Waals surface area (Å²) in [5.41, 5.74) is 2.01. The molecule has 0 amide bonds. The molecule has 0 aliphatic carbocycles. The zero-order valence-corrected chi connectivity index (χ0v) is 9.69. The number of para-hydroxylation sites is 1. The SMILES string of the molecule is O=C1C[C@H](c2ccccc2F)Nc2ccccc21. The molecule has 0 radical (unpaired) electrons. The van der Waals surface area contributed by atoms with Crippen LogP contribution in [0.5, 0.6) is 0 Å². The van der Waals surface area contributed by atoms with Crippen LogP contribution in [-0.2, 0) is 0 Å². The van der Waals surface area contributed by atoms with Gasteiger partial charge in [-0.3, -0.25) is 4.79 Å². The van der Waals surface area contributed by atoms with Crippen molar-refractivity contribution in [3.8, 4) is 0 Å². The summed E-state index contributed by atoms with van der Waals surface area (Å²) in [7, 11) is 0. The van der Waals surface area contributed by atoms with Crippen molar-refractivity contribution in [1.82, 2.24) is 0 Å². The standard InChI is InChI=1S/C15H12FNO/c16-12-7-3-1-5-10(12)14-9-15(18)11-6-2-4-8-13(11)17-14/h1-8,14,17H,9H2/t14-/m1/s1. The quantitative estimate of drug-likeness (QED) is 0.827. The molecule has 1 N–H and O–H groups in total. The average molecular weight is 241 g/mol. The van der Waals surface area contributed by atoms with Crippen molar-refractivity contribution in [3.63, 3.8) is 0 Å². The van der Waals surface area contributed by atoms with Gasteiger partial charge in [0.15, 0.2) is 5.78 Å². The van der Waals surface area contributed by atoms with Crippen molar-refractivity contribution < 1.29 is 9.18 Å². The summed E-state index contributed by atoms with van der Waals surface area (Å²) >= 11 is 0. The Hall–Kier alpha value is -2.16.